The molecule has 8 nitrogen and oxygen atoms in total. The highest BCUT2D eigenvalue weighted by Gasteiger charge is 2.56. The van der Waals surface area contributed by atoms with E-state index in [0.29, 0.717) is 30.4 Å². The molecule has 1 amide bonds. The number of thioether (sulfide) groups is 1. The molecule has 1 saturated heterocycles. The number of carboxylic acids is 1. The number of carbonyl (C=O) groups is 2. The molecule has 0 aromatic rings. The van der Waals surface area contributed by atoms with Crippen LogP contribution in [0.1, 0.15) is 13.3 Å². The number of nitrogens with zero attached hydrogens (tertiary/aromatic N) is 2. The minimum Gasteiger partial charge on any atom is -0.477 e. The first-order valence-corrected chi connectivity index (χ1v) is 7.96. The van der Waals surface area contributed by atoms with E-state index in [1.165, 1.54) is 16.7 Å². The summed E-state index contributed by atoms with van der Waals surface area (Å²) in [5, 5.41) is 22.1. The van der Waals surface area contributed by atoms with Crippen LogP contribution in [-0.2, 0) is 9.59 Å². The number of hydrogen-bond acceptors (Lipinski definition) is 7. The van der Waals surface area contributed by atoms with Crippen molar-refractivity contribution in [3.63, 3.8) is 0 Å². The van der Waals surface area contributed by atoms with Crippen molar-refractivity contribution in [1.82, 2.24) is 10.2 Å². The van der Waals surface area contributed by atoms with Gasteiger partial charge in [0, 0.05) is 23.1 Å². The van der Waals surface area contributed by atoms with E-state index in [1.807, 2.05) is 0 Å². The number of aliphatic carboxylic acids is 1. The zero-order valence-electron chi connectivity index (χ0n) is 12.0. The fourth-order valence-electron chi connectivity index (χ4n) is 3.16. The minimum absolute atomic E-state index is 0.0550. The van der Waals surface area contributed by atoms with Gasteiger partial charge >= 0.3 is 5.97 Å². The van der Waals surface area contributed by atoms with E-state index >= 15 is 0 Å². The second-order valence-corrected chi connectivity index (χ2v) is 7.06. The molecule has 0 radical (unpaired) electrons. The number of β-lactam (4-membered cyclic amide) rings is 1. The zero-order chi connectivity index (χ0) is 16.0. The van der Waals surface area contributed by atoms with Gasteiger partial charge in [0.25, 0.3) is 0 Å². The third kappa shape index (κ3) is 2.34. The Morgan fingerprint density at radius 3 is 2.86 bits per heavy atom. The van der Waals surface area contributed by atoms with Crippen LogP contribution in [0.15, 0.2) is 15.6 Å². The standard InChI is InChI=1S/C13H18N4O4S/c1-5(18)9-7-2-8(10(12(20)21)17(7)11(9)19)22-6-3-15-13(14)16-4-6/h5-7,9,18H,2-4H2,1H3,(H,20,21)(H3,14,15,16)/t5?,7-,9+/m1/s1. The van der Waals surface area contributed by atoms with Crippen LogP contribution in [0.4, 0.5) is 0 Å². The Labute approximate surface area is 131 Å². The van der Waals surface area contributed by atoms with Gasteiger partial charge in [0.1, 0.15) is 5.70 Å². The fourth-order valence-corrected chi connectivity index (χ4v) is 4.44. The molecule has 0 aromatic heterocycles. The quantitative estimate of drug-likeness (QED) is 0.483. The Morgan fingerprint density at radius 1 is 1.59 bits per heavy atom. The maximum Gasteiger partial charge on any atom is 0.353 e. The highest BCUT2D eigenvalue weighted by Crippen LogP contribution is 2.47. The van der Waals surface area contributed by atoms with Crippen molar-refractivity contribution < 1.29 is 19.8 Å². The first-order valence-electron chi connectivity index (χ1n) is 7.08. The lowest BCUT2D eigenvalue weighted by Gasteiger charge is -2.44. The minimum atomic E-state index is -1.10. The predicted octanol–water partition coefficient (Wildman–Crippen LogP) is -1.09. The van der Waals surface area contributed by atoms with E-state index in [1.54, 1.807) is 6.92 Å². The summed E-state index contributed by atoms with van der Waals surface area (Å²) in [6, 6.07) is -0.244. The van der Waals surface area contributed by atoms with E-state index in [4.69, 9.17) is 5.73 Å². The largest absolute Gasteiger partial charge is 0.477 e. The van der Waals surface area contributed by atoms with Crippen LogP contribution >= 0.6 is 11.8 Å². The van der Waals surface area contributed by atoms with Crippen LogP contribution in [0.5, 0.6) is 0 Å². The van der Waals surface area contributed by atoms with E-state index in [2.05, 4.69) is 10.3 Å². The lowest BCUT2D eigenvalue weighted by Crippen LogP contribution is -2.61. The van der Waals surface area contributed by atoms with Gasteiger partial charge in [-0.25, -0.2) is 4.79 Å². The SMILES string of the molecule is CC(O)[C@@H]1C(=O)N2C(C(=O)O)=C(S[C@H]3CN=C(N)NC3)C[C@H]12. The highest BCUT2D eigenvalue weighted by molar-refractivity contribution is 8.03. The third-order valence-corrected chi connectivity index (χ3v) is 5.47. The molecule has 9 heteroatoms. The molecule has 1 unspecified atom stereocenters. The molecule has 120 valence electrons. The number of carboxylic acid groups (broad SMARTS) is 1. The second kappa shape index (κ2) is 5.47. The Kier molecular flexibility index (Phi) is 3.77. The number of nitrogens with one attached hydrogen (secondary N) is 1. The van der Waals surface area contributed by atoms with Crippen LogP contribution in [0.25, 0.3) is 0 Å². The number of aliphatic hydroxyl groups is 1. The van der Waals surface area contributed by atoms with Gasteiger partial charge < -0.3 is 26.2 Å². The number of carbonyl (C=O) groups excluding carboxylic acids is 1. The van der Waals surface area contributed by atoms with Crippen LogP contribution in [0.2, 0.25) is 0 Å². The summed E-state index contributed by atoms with van der Waals surface area (Å²) < 4.78 is 0. The highest BCUT2D eigenvalue weighted by atomic mass is 32.2. The molecule has 3 rings (SSSR count). The monoisotopic (exact) mass is 326 g/mol. The van der Waals surface area contributed by atoms with E-state index in [9.17, 15) is 19.8 Å². The summed E-state index contributed by atoms with van der Waals surface area (Å²) in [5.41, 5.74) is 5.60. The van der Waals surface area contributed by atoms with Crippen molar-refractivity contribution in [1.29, 1.82) is 0 Å². The van der Waals surface area contributed by atoms with Gasteiger partial charge in [0.15, 0.2) is 5.96 Å². The lowest BCUT2D eigenvalue weighted by molar-refractivity contribution is -0.161. The molecule has 0 aliphatic carbocycles. The van der Waals surface area contributed by atoms with Crippen LogP contribution < -0.4 is 11.1 Å². The Balaban J connectivity index is 1.78. The molecule has 0 spiro atoms. The summed E-state index contributed by atoms with van der Waals surface area (Å²) in [6.07, 6.45) is -0.294. The van der Waals surface area contributed by atoms with Crippen LogP contribution in [-0.4, -0.2) is 63.4 Å². The van der Waals surface area contributed by atoms with Gasteiger partial charge in [0.2, 0.25) is 5.91 Å². The first-order chi connectivity index (χ1) is 10.4. The predicted molar refractivity (Wildman–Crippen MR) is 81.0 cm³/mol. The molecule has 3 aliphatic heterocycles. The molecule has 1 fully saturated rings. The maximum atomic E-state index is 12.1. The van der Waals surface area contributed by atoms with E-state index in [-0.39, 0.29) is 22.9 Å². The normalized spacial score (nSPS) is 32.1. The van der Waals surface area contributed by atoms with E-state index in [0.717, 1.165) is 0 Å². The molecule has 3 aliphatic rings. The molecule has 0 aromatic carbocycles. The van der Waals surface area contributed by atoms with Gasteiger partial charge in [-0.3, -0.25) is 9.79 Å². The topological polar surface area (TPSA) is 128 Å². The molecule has 22 heavy (non-hydrogen) atoms. The van der Waals surface area contributed by atoms with Crippen LogP contribution in [0.3, 0.4) is 0 Å². The number of aliphatic hydroxyl groups excluding tert-OH is 1. The average molecular weight is 326 g/mol. The fraction of sp³-hybridized carbons (Fsp3) is 0.615. The maximum absolute atomic E-state index is 12.1. The molecule has 4 atom stereocenters. The van der Waals surface area contributed by atoms with Gasteiger partial charge in [-0.15, -0.1) is 11.8 Å². The average Bonchev–Trinajstić information content (AvgIpc) is 2.75. The Bertz CT molecular complexity index is 589. The summed E-state index contributed by atoms with van der Waals surface area (Å²) in [6.45, 7) is 2.68. The molecule has 0 bridgehead atoms. The van der Waals surface area contributed by atoms with Crippen molar-refractivity contribution in [2.24, 2.45) is 16.6 Å². The number of rotatable bonds is 4. The molecule has 5 N–H and O–H groups in total. The zero-order valence-corrected chi connectivity index (χ0v) is 12.8. The van der Waals surface area contributed by atoms with Gasteiger partial charge in [-0.1, -0.05) is 0 Å². The molecule has 0 saturated carbocycles. The Hall–Kier alpha value is -1.74. The summed E-state index contributed by atoms with van der Waals surface area (Å²) in [7, 11) is 0. The number of aliphatic imine (C=N–C) groups is 1. The van der Waals surface area contributed by atoms with Crippen molar-refractivity contribution >= 4 is 29.6 Å². The van der Waals surface area contributed by atoms with Gasteiger partial charge in [0.05, 0.1) is 24.6 Å². The summed E-state index contributed by atoms with van der Waals surface area (Å²) >= 11 is 1.43. The smallest absolute Gasteiger partial charge is 0.353 e. The number of nitrogens with two attached hydrogens (primary N) is 1. The van der Waals surface area contributed by atoms with Crippen molar-refractivity contribution in [2.45, 2.75) is 30.7 Å². The van der Waals surface area contributed by atoms with Crippen molar-refractivity contribution in [2.75, 3.05) is 13.1 Å². The van der Waals surface area contributed by atoms with Gasteiger partial charge in [-0.2, -0.15) is 0 Å². The summed E-state index contributed by atoms with van der Waals surface area (Å²) in [5.74, 6) is -1.53. The Morgan fingerprint density at radius 2 is 2.32 bits per heavy atom. The summed E-state index contributed by atoms with van der Waals surface area (Å²) in [4.78, 5) is 29.7. The molecular formula is C13H18N4O4S. The second-order valence-electron chi connectivity index (χ2n) is 5.67. The van der Waals surface area contributed by atoms with Gasteiger partial charge in [-0.05, 0) is 6.92 Å². The van der Waals surface area contributed by atoms with Crippen molar-refractivity contribution in [3.05, 3.63) is 10.6 Å². The molecule has 3 heterocycles. The molecular weight excluding hydrogens is 308 g/mol. The van der Waals surface area contributed by atoms with Crippen molar-refractivity contribution in [3.8, 4) is 0 Å². The first kappa shape index (κ1) is 15.2. The van der Waals surface area contributed by atoms with E-state index < -0.39 is 18.0 Å². The van der Waals surface area contributed by atoms with Crippen LogP contribution in [0, 0.1) is 5.92 Å². The number of fused-ring (bicyclic) bond motifs is 1. The number of amides is 1. The third-order valence-electron chi connectivity index (χ3n) is 4.18. The number of guanidine groups is 1. The number of hydrogen-bond donors (Lipinski definition) is 4. The lowest BCUT2D eigenvalue weighted by atomic mass is 9.83.